The third-order valence-electron chi connectivity index (χ3n) is 7.26. The summed E-state index contributed by atoms with van der Waals surface area (Å²) in [6, 6.07) is 6.63. The van der Waals surface area contributed by atoms with E-state index in [0.717, 1.165) is 51.9 Å². The molecule has 0 aromatic heterocycles. The van der Waals surface area contributed by atoms with Gasteiger partial charge in [-0.25, -0.2) is 4.79 Å². The molecule has 1 aromatic rings. The summed E-state index contributed by atoms with van der Waals surface area (Å²) in [4.78, 5) is 16.6. The maximum Gasteiger partial charge on any atom is 0.410 e. The third-order valence-corrected chi connectivity index (χ3v) is 7.26. The van der Waals surface area contributed by atoms with Crippen molar-refractivity contribution in [1.29, 1.82) is 0 Å². The normalized spacial score (nSPS) is 25.7. The Labute approximate surface area is 194 Å². The van der Waals surface area contributed by atoms with Crippen molar-refractivity contribution < 1.29 is 14.6 Å². The van der Waals surface area contributed by atoms with Crippen LogP contribution in [0.1, 0.15) is 70.9 Å². The molecule has 180 valence electrons. The highest BCUT2D eigenvalue weighted by molar-refractivity contribution is 5.68. The number of hydrogen-bond donors (Lipinski definition) is 2. The summed E-state index contributed by atoms with van der Waals surface area (Å²) in [7, 11) is 2.21. The highest BCUT2D eigenvalue weighted by Crippen LogP contribution is 2.35. The van der Waals surface area contributed by atoms with Crippen LogP contribution in [0.25, 0.3) is 0 Å². The van der Waals surface area contributed by atoms with Crippen LogP contribution >= 0.6 is 0 Å². The Hall–Kier alpha value is -1.79. The van der Waals surface area contributed by atoms with Gasteiger partial charge in [0.1, 0.15) is 11.4 Å². The zero-order valence-electron chi connectivity index (χ0n) is 20.9. The lowest BCUT2D eigenvalue weighted by molar-refractivity contribution is 0.0180. The lowest BCUT2D eigenvalue weighted by Crippen LogP contribution is -2.56. The number of ether oxygens (including phenoxy) is 1. The average molecular weight is 446 g/mol. The second-order valence-corrected chi connectivity index (χ2v) is 10.7. The van der Waals surface area contributed by atoms with Crippen LogP contribution < -0.4 is 5.32 Å². The molecule has 2 N–H and O–H groups in total. The van der Waals surface area contributed by atoms with Gasteiger partial charge in [-0.2, -0.15) is 0 Å². The van der Waals surface area contributed by atoms with Crippen molar-refractivity contribution in [2.24, 2.45) is 5.92 Å². The number of rotatable bonds is 5. The highest BCUT2D eigenvalue weighted by Gasteiger charge is 2.36. The quantitative estimate of drug-likeness (QED) is 0.705. The predicted molar refractivity (Wildman–Crippen MR) is 129 cm³/mol. The van der Waals surface area contributed by atoms with Crippen LogP contribution in [0, 0.1) is 5.92 Å². The Balaban J connectivity index is 1.62. The molecule has 0 spiro atoms. The minimum absolute atomic E-state index is 0.192. The molecule has 6 heteroatoms. The van der Waals surface area contributed by atoms with Gasteiger partial charge in [-0.15, -0.1) is 0 Å². The second-order valence-electron chi connectivity index (χ2n) is 10.7. The van der Waals surface area contributed by atoms with Crippen LogP contribution in [-0.4, -0.2) is 71.9 Å². The van der Waals surface area contributed by atoms with E-state index in [0.29, 0.717) is 29.7 Å². The van der Waals surface area contributed by atoms with Gasteiger partial charge >= 0.3 is 6.09 Å². The summed E-state index contributed by atoms with van der Waals surface area (Å²) >= 11 is 0. The number of amides is 1. The van der Waals surface area contributed by atoms with E-state index >= 15 is 0 Å². The number of likely N-dealkylation sites (tertiary alicyclic amines) is 2. The number of benzene rings is 1. The van der Waals surface area contributed by atoms with E-state index in [-0.39, 0.29) is 6.09 Å². The van der Waals surface area contributed by atoms with E-state index in [4.69, 9.17) is 4.74 Å². The van der Waals surface area contributed by atoms with Crippen LogP contribution in [0.2, 0.25) is 0 Å². The van der Waals surface area contributed by atoms with Crippen LogP contribution in [0.4, 0.5) is 4.79 Å². The lowest BCUT2D eigenvalue weighted by Gasteiger charge is -2.44. The molecule has 2 aliphatic heterocycles. The summed E-state index contributed by atoms with van der Waals surface area (Å²) in [6.07, 6.45) is 3.88. The van der Waals surface area contributed by atoms with Gasteiger partial charge in [0.25, 0.3) is 0 Å². The molecule has 0 radical (unpaired) electrons. The van der Waals surface area contributed by atoms with Gasteiger partial charge in [0, 0.05) is 31.1 Å². The fraction of sp³-hybridized carbons (Fsp3) is 0.731. The van der Waals surface area contributed by atoms with E-state index in [1.807, 2.05) is 37.8 Å². The fourth-order valence-electron chi connectivity index (χ4n) is 5.20. The highest BCUT2D eigenvalue weighted by atomic mass is 16.6. The van der Waals surface area contributed by atoms with Gasteiger partial charge in [0.15, 0.2) is 0 Å². The number of carbonyl (C=O) groups is 1. The Bertz CT molecular complexity index is 768. The molecule has 3 atom stereocenters. The van der Waals surface area contributed by atoms with Gasteiger partial charge in [-0.05, 0) is 103 Å². The van der Waals surface area contributed by atoms with Crippen molar-refractivity contribution in [3.63, 3.8) is 0 Å². The maximum absolute atomic E-state index is 12.4. The molecule has 1 amide bonds. The van der Waals surface area contributed by atoms with Gasteiger partial charge < -0.3 is 25.0 Å². The minimum Gasteiger partial charge on any atom is -0.508 e. The van der Waals surface area contributed by atoms with Crippen molar-refractivity contribution in [2.45, 2.75) is 83.9 Å². The van der Waals surface area contributed by atoms with Crippen molar-refractivity contribution >= 4 is 6.09 Å². The van der Waals surface area contributed by atoms with Gasteiger partial charge in [0.2, 0.25) is 0 Å². The molecule has 0 bridgehead atoms. The number of aromatic hydroxyl groups is 1. The van der Waals surface area contributed by atoms with Gasteiger partial charge in [-0.3, -0.25) is 0 Å². The number of nitrogens with zero attached hydrogens (tertiary/aromatic N) is 2. The van der Waals surface area contributed by atoms with E-state index in [1.165, 1.54) is 11.1 Å². The number of phenols is 1. The number of aryl methyl sites for hydroxylation is 1. The van der Waals surface area contributed by atoms with Crippen LogP contribution in [0.15, 0.2) is 18.2 Å². The topological polar surface area (TPSA) is 65.0 Å². The van der Waals surface area contributed by atoms with Crippen molar-refractivity contribution in [1.82, 2.24) is 15.1 Å². The predicted octanol–water partition coefficient (Wildman–Crippen LogP) is 4.37. The summed E-state index contributed by atoms with van der Waals surface area (Å²) in [5.74, 6) is 1.31. The second kappa shape index (κ2) is 10.4. The minimum atomic E-state index is -0.448. The first-order chi connectivity index (χ1) is 15.1. The molecule has 0 saturated carbocycles. The van der Waals surface area contributed by atoms with E-state index in [1.54, 1.807) is 0 Å². The SMILES string of the molecule is CCc1ccc(O)cc1C1CCN(C)C(C)C1NCC1CCN(C(=O)OC(C)(C)C)CC1. The molecule has 6 nitrogen and oxygen atoms in total. The zero-order valence-corrected chi connectivity index (χ0v) is 20.9. The number of likely N-dealkylation sites (N-methyl/N-ethyl adjacent to an activating group) is 1. The van der Waals surface area contributed by atoms with Gasteiger partial charge in [0.05, 0.1) is 0 Å². The van der Waals surface area contributed by atoms with E-state index in [9.17, 15) is 9.90 Å². The average Bonchev–Trinajstić information content (AvgIpc) is 2.74. The molecule has 0 aliphatic carbocycles. The standard InChI is InChI=1S/C26H43N3O3/c1-7-20-8-9-21(30)16-23(20)22-12-13-28(6)18(2)24(22)27-17-19-10-14-29(15-11-19)25(31)32-26(3,4)5/h8-9,16,18-19,22,24,27,30H,7,10-15,17H2,1-6H3. The first-order valence-electron chi connectivity index (χ1n) is 12.3. The Morgan fingerprint density at radius 3 is 2.50 bits per heavy atom. The molecule has 32 heavy (non-hydrogen) atoms. The number of phenolic OH excluding ortho intramolecular Hbond substituents is 1. The van der Waals surface area contributed by atoms with Crippen LogP contribution in [0.5, 0.6) is 5.75 Å². The molecule has 2 heterocycles. The maximum atomic E-state index is 12.4. The van der Waals surface area contributed by atoms with Gasteiger partial charge in [-0.1, -0.05) is 13.0 Å². The monoisotopic (exact) mass is 445 g/mol. The summed E-state index contributed by atoms with van der Waals surface area (Å²) < 4.78 is 5.53. The molecule has 2 aliphatic rings. The third kappa shape index (κ3) is 6.16. The van der Waals surface area contributed by atoms with Crippen molar-refractivity contribution in [3.05, 3.63) is 29.3 Å². The molecule has 3 unspecified atom stereocenters. The van der Waals surface area contributed by atoms with Crippen molar-refractivity contribution in [3.8, 4) is 5.75 Å². The van der Waals surface area contributed by atoms with E-state index in [2.05, 4.69) is 37.2 Å². The Morgan fingerprint density at radius 2 is 1.88 bits per heavy atom. The molecule has 2 saturated heterocycles. The smallest absolute Gasteiger partial charge is 0.410 e. The molecular weight excluding hydrogens is 402 g/mol. The first-order valence-corrected chi connectivity index (χ1v) is 12.3. The van der Waals surface area contributed by atoms with Crippen molar-refractivity contribution in [2.75, 3.05) is 33.2 Å². The number of hydrogen-bond acceptors (Lipinski definition) is 5. The number of nitrogens with one attached hydrogen (secondary N) is 1. The lowest BCUT2D eigenvalue weighted by atomic mass is 9.78. The molecular formula is C26H43N3O3. The summed E-state index contributed by atoms with van der Waals surface area (Å²) in [5.41, 5.74) is 2.18. The Morgan fingerprint density at radius 1 is 1.19 bits per heavy atom. The van der Waals surface area contributed by atoms with E-state index < -0.39 is 5.60 Å². The van der Waals surface area contributed by atoms with Crippen LogP contribution in [-0.2, 0) is 11.2 Å². The molecule has 3 rings (SSSR count). The summed E-state index contributed by atoms with van der Waals surface area (Å²) in [6.45, 7) is 13.8. The largest absolute Gasteiger partial charge is 0.508 e. The molecule has 1 aromatic carbocycles. The first kappa shape index (κ1) is 24.8. The number of piperidine rings is 2. The molecule has 2 fully saturated rings. The summed E-state index contributed by atoms with van der Waals surface area (Å²) in [5, 5.41) is 14.1. The van der Waals surface area contributed by atoms with Crippen LogP contribution in [0.3, 0.4) is 0 Å². The number of carbonyl (C=O) groups excluding carboxylic acids is 1. The Kier molecular flexibility index (Phi) is 8.10. The fourth-order valence-corrected chi connectivity index (χ4v) is 5.20. The zero-order chi connectivity index (χ0) is 23.5.